The lowest BCUT2D eigenvalue weighted by atomic mass is 9.93. The third kappa shape index (κ3) is 1.87. The van der Waals surface area contributed by atoms with E-state index >= 15 is 0 Å². The zero-order valence-electron chi connectivity index (χ0n) is 10.4. The van der Waals surface area contributed by atoms with Crippen molar-refractivity contribution >= 4 is 23.1 Å². The van der Waals surface area contributed by atoms with E-state index in [0.29, 0.717) is 16.0 Å². The fourth-order valence-electron chi connectivity index (χ4n) is 2.41. The minimum absolute atomic E-state index is 0.134. The highest BCUT2D eigenvalue weighted by atomic mass is 32.1. The summed E-state index contributed by atoms with van der Waals surface area (Å²) in [6, 6.07) is 2.59. The summed E-state index contributed by atoms with van der Waals surface area (Å²) in [6.07, 6.45) is 2.97. The molecule has 1 aliphatic carbocycles. The third-order valence-corrected chi connectivity index (χ3v) is 3.93. The fourth-order valence-corrected chi connectivity index (χ4v) is 2.74. The van der Waals surface area contributed by atoms with E-state index in [1.807, 2.05) is 0 Å². The lowest BCUT2D eigenvalue weighted by Crippen LogP contribution is -2.30. The van der Waals surface area contributed by atoms with E-state index in [-0.39, 0.29) is 17.0 Å². The van der Waals surface area contributed by atoms with E-state index in [2.05, 4.69) is 4.98 Å². The predicted molar refractivity (Wildman–Crippen MR) is 72.8 cm³/mol. The molecule has 0 spiro atoms. The Morgan fingerprint density at radius 2 is 2.21 bits per heavy atom. The lowest BCUT2D eigenvalue weighted by molar-refractivity contribution is 0.302. The summed E-state index contributed by atoms with van der Waals surface area (Å²) >= 11 is 5.24. The van der Waals surface area contributed by atoms with Crippen LogP contribution in [0.2, 0.25) is 0 Å². The van der Waals surface area contributed by atoms with Gasteiger partial charge in [-0.25, -0.2) is 4.39 Å². The largest absolute Gasteiger partial charge is 0.494 e. The third-order valence-electron chi connectivity index (χ3n) is 3.63. The van der Waals surface area contributed by atoms with Crippen molar-refractivity contribution in [3.8, 4) is 5.75 Å². The molecule has 0 bridgehead atoms. The van der Waals surface area contributed by atoms with E-state index in [1.165, 1.54) is 19.2 Å². The molecule has 1 N–H and O–H groups in total. The van der Waals surface area contributed by atoms with Crippen molar-refractivity contribution < 1.29 is 9.13 Å². The van der Waals surface area contributed by atoms with Gasteiger partial charge in [0.25, 0.3) is 5.56 Å². The summed E-state index contributed by atoms with van der Waals surface area (Å²) in [4.78, 5) is 15.4. The van der Waals surface area contributed by atoms with Gasteiger partial charge < -0.3 is 9.72 Å². The van der Waals surface area contributed by atoms with Crippen molar-refractivity contribution in [1.82, 2.24) is 9.55 Å². The zero-order valence-corrected chi connectivity index (χ0v) is 11.2. The highest BCUT2D eigenvalue weighted by Crippen LogP contribution is 2.31. The summed E-state index contributed by atoms with van der Waals surface area (Å²) in [5.41, 5.74) is 0.204. The van der Waals surface area contributed by atoms with Crippen LogP contribution in [0, 0.1) is 10.6 Å². The molecule has 0 atom stereocenters. The zero-order chi connectivity index (χ0) is 13.6. The number of aromatic nitrogens is 2. The Labute approximate surface area is 113 Å². The summed E-state index contributed by atoms with van der Waals surface area (Å²) in [5, 5.41) is 0.275. The quantitative estimate of drug-likeness (QED) is 0.860. The van der Waals surface area contributed by atoms with Crippen molar-refractivity contribution in [3.63, 3.8) is 0 Å². The highest BCUT2D eigenvalue weighted by Gasteiger charge is 2.23. The monoisotopic (exact) mass is 280 g/mol. The molecule has 0 unspecified atom stereocenters. The molecular formula is C13H13FN2O2S. The molecule has 3 rings (SSSR count). The first kappa shape index (κ1) is 12.3. The van der Waals surface area contributed by atoms with Crippen molar-refractivity contribution in [2.45, 2.75) is 25.3 Å². The molecule has 1 saturated carbocycles. The smallest absolute Gasteiger partial charge is 0.262 e. The summed E-state index contributed by atoms with van der Waals surface area (Å²) in [5.74, 6) is -0.203. The molecule has 1 heterocycles. The average molecular weight is 280 g/mol. The molecule has 1 fully saturated rings. The first-order valence-corrected chi connectivity index (χ1v) is 6.54. The molecule has 1 aromatic carbocycles. The van der Waals surface area contributed by atoms with Crippen LogP contribution < -0.4 is 10.3 Å². The normalized spacial score (nSPS) is 15.5. The number of hydrogen-bond acceptors (Lipinski definition) is 3. The van der Waals surface area contributed by atoms with Crippen molar-refractivity contribution in [3.05, 3.63) is 33.1 Å². The van der Waals surface area contributed by atoms with Gasteiger partial charge in [-0.2, -0.15) is 0 Å². The molecule has 100 valence electrons. The Kier molecular flexibility index (Phi) is 2.89. The average Bonchev–Trinajstić information content (AvgIpc) is 2.32. The van der Waals surface area contributed by atoms with E-state index in [1.54, 1.807) is 4.57 Å². The molecule has 19 heavy (non-hydrogen) atoms. The summed E-state index contributed by atoms with van der Waals surface area (Å²) in [7, 11) is 1.43. The summed E-state index contributed by atoms with van der Waals surface area (Å²) in [6.45, 7) is 0. The van der Waals surface area contributed by atoms with Gasteiger partial charge in [-0.3, -0.25) is 9.36 Å². The first-order valence-electron chi connectivity index (χ1n) is 6.14. The van der Waals surface area contributed by atoms with Gasteiger partial charge in [0, 0.05) is 12.1 Å². The van der Waals surface area contributed by atoms with Gasteiger partial charge in [-0.1, -0.05) is 0 Å². The SMILES string of the molecule is COc1cc(F)cc2c(=O)n(C3CCC3)c(=S)[nH]c12. The van der Waals surface area contributed by atoms with Crippen LogP contribution >= 0.6 is 12.2 Å². The molecule has 0 aliphatic heterocycles. The van der Waals surface area contributed by atoms with Gasteiger partial charge in [-0.05, 0) is 37.5 Å². The Balaban J connectivity index is 2.38. The number of nitrogens with zero attached hydrogens (tertiary/aromatic N) is 1. The van der Waals surface area contributed by atoms with Gasteiger partial charge in [0.15, 0.2) is 4.77 Å². The number of aromatic amines is 1. The van der Waals surface area contributed by atoms with E-state index < -0.39 is 5.82 Å². The number of halogens is 1. The second-order valence-corrected chi connectivity index (χ2v) is 5.11. The van der Waals surface area contributed by atoms with Crippen LogP contribution in [-0.4, -0.2) is 16.7 Å². The van der Waals surface area contributed by atoms with E-state index in [4.69, 9.17) is 17.0 Å². The Morgan fingerprint density at radius 1 is 1.47 bits per heavy atom. The minimum atomic E-state index is -0.493. The number of benzene rings is 1. The molecule has 1 aliphatic rings. The van der Waals surface area contributed by atoms with Crippen LogP contribution in [0.15, 0.2) is 16.9 Å². The predicted octanol–water partition coefficient (Wildman–Crippen LogP) is 2.93. The number of hydrogen-bond donors (Lipinski definition) is 1. The van der Waals surface area contributed by atoms with Crippen LogP contribution in [0.4, 0.5) is 4.39 Å². The Bertz CT molecular complexity index is 762. The van der Waals surface area contributed by atoms with Gasteiger partial charge in [0.1, 0.15) is 11.6 Å². The van der Waals surface area contributed by atoms with Gasteiger partial charge in [0.2, 0.25) is 0 Å². The first-order chi connectivity index (χ1) is 9.11. The summed E-state index contributed by atoms with van der Waals surface area (Å²) < 4.78 is 20.5. The van der Waals surface area contributed by atoms with Crippen molar-refractivity contribution in [2.75, 3.05) is 7.11 Å². The van der Waals surface area contributed by atoms with Crippen LogP contribution in [0.25, 0.3) is 10.9 Å². The van der Waals surface area contributed by atoms with Crippen LogP contribution in [0.1, 0.15) is 25.3 Å². The Hall–Kier alpha value is -1.69. The fraction of sp³-hybridized carbons (Fsp3) is 0.385. The molecule has 1 aromatic heterocycles. The second-order valence-electron chi connectivity index (χ2n) is 4.72. The van der Waals surface area contributed by atoms with Gasteiger partial charge in [-0.15, -0.1) is 0 Å². The highest BCUT2D eigenvalue weighted by molar-refractivity contribution is 7.71. The Morgan fingerprint density at radius 3 is 2.79 bits per heavy atom. The molecule has 2 aromatic rings. The number of nitrogens with one attached hydrogen (secondary N) is 1. The van der Waals surface area contributed by atoms with Crippen molar-refractivity contribution in [1.29, 1.82) is 0 Å². The van der Waals surface area contributed by atoms with Crippen molar-refractivity contribution in [2.24, 2.45) is 0 Å². The number of H-pyrrole nitrogens is 1. The van der Waals surface area contributed by atoms with E-state index in [0.717, 1.165) is 19.3 Å². The second kappa shape index (κ2) is 4.45. The standard InChI is InChI=1S/C13H13FN2O2S/c1-18-10-6-7(14)5-9-11(10)15-13(19)16(12(9)17)8-3-2-4-8/h5-6,8H,2-4H2,1H3,(H,15,19). The maximum atomic E-state index is 13.5. The number of rotatable bonds is 2. The maximum Gasteiger partial charge on any atom is 0.262 e. The number of methoxy groups -OCH3 is 1. The maximum absolute atomic E-state index is 13.5. The van der Waals surface area contributed by atoms with Crippen LogP contribution in [0.3, 0.4) is 0 Å². The lowest BCUT2D eigenvalue weighted by Gasteiger charge is -2.27. The molecule has 4 nitrogen and oxygen atoms in total. The molecule has 0 radical (unpaired) electrons. The topological polar surface area (TPSA) is 47.0 Å². The molecule has 0 saturated heterocycles. The molecular weight excluding hydrogens is 267 g/mol. The molecule has 6 heteroatoms. The van der Waals surface area contributed by atoms with Gasteiger partial charge >= 0.3 is 0 Å². The number of fused-ring (bicyclic) bond motifs is 1. The molecule has 0 amide bonds. The minimum Gasteiger partial charge on any atom is -0.494 e. The number of ether oxygens (including phenoxy) is 1. The van der Waals surface area contributed by atoms with Gasteiger partial charge in [0.05, 0.1) is 18.0 Å². The van der Waals surface area contributed by atoms with Crippen LogP contribution in [0.5, 0.6) is 5.75 Å². The van der Waals surface area contributed by atoms with E-state index in [9.17, 15) is 9.18 Å². The van der Waals surface area contributed by atoms with Crippen LogP contribution in [-0.2, 0) is 0 Å².